The van der Waals surface area contributed by atoms with Gasteiger partial charge in [0.1, 0.15) is 29.9 Å². The number of likely N-dealkylation sites (tertiary alicyclic amines) is 1. The molecule has 3 saturated heterocycles. The third-order valence-corrected chi connectivity index (χ3v) is 10.0. The van der Waals surface area contributed by atoms with E-state index >= 15 is 0 Å². The first-order valence-electron chi connectivity index (χ1n) is 17.2. The second kappa shape index (κ2) is 14.9. The Morgan fingerprint density at radius 3 is 2.66 bits per heavy atom. The van der Waals surface area contributed by atoms with Gasteiger partial charge >= 0.3 is 5.97 Å². The maximum atomic E-state index is 14.7. The normalized spacial score (nSPS) is 24.8. The Morgan fingerprint density at radius 2 is 1.92 bits per heavy atom. The monoisotopic (exact) mass is 684 g/mol. The molecule has 2 aromatic carbocycles. The van der Waals surface area contributed by atoms with Crippen LogP contribution in [-0.2, 0) is 35.3 Å². The van der Waals surface area contributed by atoms with Crippen LogP contribution in [0.25, 0.3) is 11.0 Å². The third-order valence-electron chi connectivity index (χ3n) is 10.0. The van der Waals surface area contributed by atoms with E-state index in [0.29, 0.717) is 30.3 Å². The largest absolute Gasteiger partial charge is 0.455 e. The molecule has 0 aliphatic carbocycles. The predicted octanol–water partition coefficient (Wildman–Crippen LogP) is 2.92. The first-order chi connectivity index (χ1) is 24.2. The van der Waals surface area contributed by atoms with E-state index in [0.717, 1.165) is 5.52 Å². The van der Waals surface area contributed by atoms with Crippen molar-refractivity contribution in [3.8, 4) is 0 Å². The lowest BCUT2D eigenvalue weighted by Gasteiger charge is -2.36. The van der Waals surface area contributed by atoms with Crippen LogP contribution in [0.1, 0.15) is 50.7 Å². The van der Waals surface area contributed by atoms with Gasteiger partial charge in [-0.1, -0.05) is 59.8 Å². The summed E-state index contributed by atoms with van der Waals surface area (Å²) in [6.45, 7) is 9.43. The molecule has 0 saturated carbocycles. The summed E-state index contributed by atoms with van der Waals surface area (Å²) in [7, 11) is 0. The number of amides is 3. The molecule has 13 heteroatoms. The summed E-state index contributed by atoms with van der Waals surface area (Å²) < 4.78 is 14.4. The molecule has 50 heavy (non-hydrogen) atoms. The molecule has 3 aromatic rings. The molecule has 2 bridgehead atoms. The number of para-hydroxylation sites is 1. The van der Waals surface area contributed by atoms with Gasteiger partial charge in [0, 0.05) is 26.1 Å². The minimum Gasteiger partial charge on any atom is -0.455 e. The van der Waals surface area contributed by atoms with E-state index in [-0.39, 0.29) is 56.9 Å². The van der Waals surface area contributed by atoms with E-state index in [4.69, 9.17) is 9.47 Å². The van der Waals surface area contributed by atoms with Crippen molar-refractivity contribution in [2.45, 2.75) is 75.6 Å². The van der Waals surface area contributed by atoms with E-state index in [1.807, 2.05) is 54.6 Å². The molecule has 264 valence electrons. The molecule has 7 atom stereocenters. The Bertz CT molecular complexity index is 1750. The zero-order valence-electron chi connectivity index (χ0n) is 28.2. The number of fused-ring (bicyclic) bond motifs is 2. The number of carbonyl (C=O) groups excluding carboxylic acids is 4. The Balaban J connectivity index is 1.29. The highest BCUT2D eigenvalue weighted by molar-refractivity contribution is 5.98. The average molecular weight is 685 g/mol. The van der Waals surface area contributed by atoms with Gasteiger partial charge in [-0.15, -0.1) is 18.3 Å². The molecule has 2 N–H and O–H groups in total. The Hall–Kier alpha value is -4.88. The fourth-order valence-corrected chi connectivity index (χ4v) is 7.85. The number of aliphatic hydroxyl groups excluding tert-OH is 1. The molecule has 4 heterocycles. The van der Waals surface area contributed by atoms with Gasteiger partial charge in [0.2, 0.25) is 17.7 Å². The molecule has 0 unspecified atom stereocenters. The van der Waals surface area contributed by atoms with Crippen LogP contribution >= 0.6 is 0 Å². The van der Waals surface area contributed by atoms with Crippen molar-refractivity contribution in [2.24, 2.45) is 11.8 Å². The number of nitrogens with zero attached hydrogens (tertiary/aromatic N) is 5. The summed E-state index contributed by atoms with van der Waals surface area (Å²) in [5, 5.41) is 21.2. The molecule has 1 aromatic heterocycles. The summed E-state index contributed by atoms with van der Waals surface area (Å²) in [6.07, 6.45) is 3.65. The van der Waals surface area contributed by atoms with Gasteiger partial charge in [-0.2, -0.15) is 0 Å². The Labute approximate surface area is 290 Å². The van der Waals surface area contributed by atoms with E-state index in [9.17, 15) is 24.3 Å². The molecular weight excluding hydrogens is 640 g/mol. The van der Waals surface area contributed by atoms with Crippen LogP contribution in [0.4, 0.5) is 0 Å². The number of ether oxygens (including phenoxy) is 2. The summed E-state index contributed by atoms with van der Waals surface area (Å²) in [5.74, 6) is -3.51. The number of rotatable bonds is 16. The molecule has 13 nitrogen and oxygen atoms in total. The van der Waals surface area contributed by atoms with Gasteiger partial charge in [0.15, 0.2) is 0 Å². The standard InChI is InChI=1S/C37H44N6O7/c1-4-6-17-29(45)38-24(3)32(25-13-8-7-9-14-25)49-36(48)30-28-18-19-37(50-28)31(30)34(46)42(21-12-22-44)33(37)35(47)41(20-5-2)23-43-27-16-11-10-15-26(27)39-40-43/h4-5,7-11,13-16,24,28,30-33,44H,1-2,6,12,17-23H2,3H3,(H,38,45)/t24-,28+,30-,31-,32-,33+,37-/m1/s1. The van der Waals surface area contributed by atoms with Crippen LogP contribution in [0.3, 0.4) is 0 Å². The van der Waals surface area contributed by atoms with E-state index < -0.39 is 47.7 Å². The molecule has 0 radical (unpaired) electrons. The molecule has 3 aliphatic heterocycles. The van der Waals surface area contributed by atoms with Gasteiger partial charge in [-0.05, 0) is 50.3 Å². The Kier molecular flexibility index (Phi) is 10.4. The average Bonchev–Trinajstić information content (AvgIpc) is 3.88. The van der Waals surface area contributed by atoms with E-state index in [2.05, 4.69) is 28.8 Å². The predicted molar refractivity (Wildman–Crippen MR) is 183 cm³/mol. The second-order valence-corrected chi connectivity index (χ2v) is 13.2. The number of aromatic nitrogens is 3. The number of aliphatic hydroxyl groups is 1. The minimum absolute atomic E-state index is 0.0503. The summed E-state index contributed by atoms with van der Waals surface area (Å²) in [5.41, 5.74) is 0.836. The molecule has 1 spiro atoms. The lowest BCUT2D eigenvalue weighted by molar-refractivity contribution is -0.162. The van der Waals surface area contributed by atoms with Crippen LogP contribution in [0, 0.1) is 11.8 Å². The SMILES string of the molecule is C=CCCC(=O)N[C@H](C)[C@@H](OC(=O)[C@@H]1[C@@H]2CC[C@]3(O2)[C@H](C(=O)N(CC=C)Cn2nnc4ccccc42)N(CCCO)C(=O)[C@@H]13)c1ccccc1. The number of allylic oxidation sites excluding steroid dienone is 1. The van der Waals surface area contributed by atoms with Crippen LogP contribution in [-0.4, -0.2) is 97.1 Å². The first kappa shape index (κ1) is 35.0. The molecule has 6 rings (SSSR count). The van der Waals surface area contributed by atoms with Crippen molar-refractivity contribution in [1.82, 2.24) is 30.1 Å². The molecule has 3 amide bonds. The lowest BCUT2D eigenvalue weighted by Crippen LogP contribution is -2.56. The fourth-order valence-electron chi connectivity index (χ4n) is 7.85. The fraction of sp³-hybridized carbons (Fsp3) is 0.459. The Morgan fingerprint density at radius 1 is 1.16 bits per heavy atom. The van der Waals surface area contributed by atoms with Gasteiger partial charge in [-0.25, -0.2) is 4.68 Å². The summed E-state index contributed by atoms with van der Waals surface area (Å²) in [4.78, 5) is 59.0. The summed E-state index contributed by atoms with van der Waals surface area (Å²) in [6, 6.07) is 14.9. The highest BCUT2D eigenvalue weighted by Gasteiger charge is 2.75. The van der Waals surface area contributed by atoms with Crippen molar-refractivity contribution >= 4 is 34.7 Å². The second-order valence-electron chi connectivity index (χ2n) is 13.2. The summed E-state index contributed by atoms with van der Waals surface area (Å²) >= 11 is 0. The lowest BCUT2D eigenvalue weighted by atomic mass is 9.70. The van der Waals surface area contributed by atoms with E-state index in [1.54, 1.807) is 28.7 Å². The number of hydrogen-bond donors (Lipinski definition) is 2. The van der Waals surface area contributed by atoms with Crippen LogP contribution in [0.5, 0.6) is 0 Å². The highest BCUT2D eigenvalue weighted by atomic mass is 16.6. The number of hydrogen-bond acceptors (Lipinski definition) is 9. The van der Waals surface area contributed by atoms with Gasteiger partial charge in [0.25, 0.3) is 0 Å². The minimum atomic E-state index is -1.27. The van der Waals surface area contributed by atoms with Gasteiger partial charge in [-0.3, -0.25) is 19.2 Å². The van der Waals surface area contributed by atoms with Crippen molar-refractivity contribution in [1.29, 1.82) is 0 Å². The van der Waals surface area contributed by atoms with Crippen LogP contribution in [0.2, 0.25) is 0 Å². The number of esters is 1. The van der Waals surface area contributed by atoms with E-state index in [1.165, 1.54) is 4.90 Å². The quantitative estimate of drug-likeness (QED) is 0.171. The first-order valence-corrected chi connectivity index (χ1v) is 17.2. The zero-order chi connectivity index (χ0) is 35.4. The topological polar surface area (TPSA) is 156 Å². The van der Waals surface area contributed by atoms with Crippen molar-refractivity contribution < 1.29 is 33.8 Å². The molecule has 3 aliphatic rings. The van der Waals surface area contributed by atoms with Crippen molar-refractivity contribution in [2.75, 3.05) is 19.7 Å². The number of benzene rings is 2. The van der Waals surface area contributed by atoms with Crippen molar-refractivity contribution in [3.05, 3.63) is 85.5 Å². The van der Waals surface area contributed by atoms with Crippen molar-refractivity contribution in [3.63, 3.8) is 0 Å². The third kappa shape index (κ3) is 6.42. The van der Waals surface area contributed by atoms with Gasteiger partial charge in [0.05, 0.1) is 29.5 Å². The van der Waals surface area contributed by atoms with Gasteiger partial charge < -0.3 is 29.7 Å². The van der Waals surface area contributed by atoms with Crippen LogP contribution in [0.15, 0.2) is 79.9 Å². The smallest absolute Gasteiger partial charge is 0.313 e. The zero-order valence-corrected chi connectivity index (χ0v) is 28.2. The molecular formula is C37H44N6O7. The number of carbonyl (C=O) groups is 4. The molecule has 3 fully saturated rings. The maximum Gasteiger partial charge on any atom is 0.313 e. The van der Waals surface area contributed by atoms with Crippen LogP contribution < -0.4 is 5.32 Å². The number of nitrogens with one attached hydrogen (secondary N) is 1. The highest BCUT2D eigenvalue weighted by Crippen LogP contribution is 2.59. The maximum absolute atomic E-state index is 14.7.